The smallest absolute Gasteiger partial charge is 0.157 e. The van der Waals surface area contributed by atoms with Crippen LogP contribution in [0.4, 0.5) is 0 Å². The quantitative estimate of drug-likeness (QED) is 0.578. The fourth-order valence-electron chi connectivity index (χ4n) is 6.54. The van der Waals surface area contributed by atoms with Crippen LogP contribution in [0.15, 0.2) is 12.2 Å². The predicted molar refractivity (Wildman–Crippen MR) is 77.0 cm³/mol. The molecule has 0 amide bonds. The summed E-state index contributed by atoms with van der Waals surface area (Å²) < 4.78 is 11.4. The lowest BCUT2D eigenvalue weighted by atomic mass is 9.68. The van der Waals surface area contributed by atoms with Gasteiger partial charge < -0.3 is 9.47 Å². The Kier molecular flexibility index (Phi) is 2.80. The molecule has 1 heterocycles. The first-order valence-electron chi connectivity index (χ1n) is 8.81. The van der Waals surface area contributed by atoms with Crippen molar-refractivity contribution in [2.24, 2.45) is 41.4 Å². The van der Waals surface area contributed by atoms with Crippen LogP contribution in [0.1, 0.15) is 38.5 Å². The summed E-state index contributed by atoms with van der Waals surface area (Å²) in [4.78, 5) is 0. The summed E-state index contributed by atoms with van der Waals surface area (Å²) in [5.41, 5.74) is 0. The molecule has 0 aromatic heterocycles. The molecule has 20 heavy (non-hydrogen) atoms. The van der Waals surface area contributed by atoms with Gasteiger partial charge in [-0.3, -0.25) is 0 Å². The van der Waals surface area contributed by atoms with Gasteiger partial charge in [0, 0.05) is 0 Å². The Bertz CT molecular complexity index is 412. The van der Waals surface area contributed by atoms with Crippen LogP contribution in [0.3, 0.4) is 0 Å². The highest BCUT2D eigenvalue weighted by Crippen LogP contribution is 2.67. The maximum atomic E-state index is 5.72. The maximum Gasteiger partial charge on any atom is 0.157 e. The lowest BCUT2D eigenvalue weighted by Crippen LogP contribution is -2.32. The lowest BCUT2D eigenvalue weighted by molar-refractivity contribution is -0.183. The molecule has 0 aromatic rings. The largest absolute Gasteiger partial charge is 0.353 e. The summed E-state index contributed by atoms with van der Waals surface area (Å²) in [5, 5.41) is 0. The van der Waals surface area contributed by atoms with Gasteiger partial charge in [0.2, 0.25) is 0 Å². The molecule has 0 N–H and O–H groups in total. The number of fused-ring (bicyclic) bond motifs is 9. The van der Waals surface area contributed by atoms with Crippen molar-refractivity contribution in [3.63, 3.8) is 0 Å². The van der Waals surface area contributed by atoms with Crippen LogP contribution in [0, 0.1) is 41.4 Å². The summed E-state index contributed by atoms with van der Waals surface area (Å²) in [5.74, 6) is 7.12. The highest BCUT2D eigenvalue weighted by Gasteiger charge is 2.60. The second-order valence-corrected chi connectivity index (χ2v) is 7.86. The van der Waals surface area contributed by atoms with Crippen molar-refractivity contribution < 1.29 is 9.47 Å². The summed E-state index contributed by atoms with van der Waals surface area (Å²) >= 11 is 0. The van der Waals surface area contributed by atoms with Crippen LogP contribution >= 0.6 is 0 Å². The SMILES string of the molecule is C1=CC2CC1C1C3CC(CCC4OCCCO4)C(C3)C21. The molecule has 0 spiro atoms. The molecule has 2 nitrogen and oxygen atoms in total. The average molecular weight is 274 g/mol. The minimum absolute atomic E-state index is 0.110. The molecule has 1 saturated heterocycles. The Balaban J connectivity index is 1.23. The Morgan fingerprint density at radius 2 is 1.65 bits per heavy atom. The summed E-state index contributed by atoms with van der Waals surface area (Å²) in [6, 6.07) is 0. The zero-order chi connectivity index (χ0) is 13.1. The van der Waals surface area contributed by atoms with Crippen LogP contribution in [0.5, 0.6) is 0 Å². The van der Waals surface area contributed by atoms with E-state index >= 15 is 0 Å². The standard InChI is InChI=1S/C18H26O2/c1-6-19-16(20-7-1)5-4-11-8-14-10-15(11)18-13-3-2-12(9-13)17(14)18/h2-3,11-18H,1,4-10H2. The van der Waals surface area contributed by atoms with Gasteiger partial charge in [0.1, 0.15) is 0 Å². The minimum atomic E-state index is 0.110. The van der Waals surface area contributed by atoms with Crippen LogP contribution in [-0.4, -0.2) is 19.5 Å². The Hall–Kier alpha value is -0.340. The van der Waals surface area contributed by atoms with E-state index in [1.807, 2.05) is 0 Å². The van der Waals surface area contributed by atoms with Gasteiger partial charge in [-0.25, -0.2) is 0 Å². The first-order chi connectivity index (χ1) is 9.90. The van der Waals surface area contributed by atoms with Crippen molar-refractivity contribution in [1.82, 2.24) is 0 Å². The van der Waals surface area contributed by atoms with Gasteiger partial charge in [0.05, 0.1) is 13.2 Å². The molecule has 2 heteroatoms. The maximum absolute atomic E-state index is 5.72. The second-order valence-electron chi connectivity index (χ2n) is 7.86. The topological polar surface area (TPSA) is 18.5 Å². The molecule has 4 bridgehead atoms. The molecule has 7 atom stereocenters. The number of allylic oxidation sites excluding steroid dienone is 2. The zero-order valence-corrected chi connectivity index (χ0v) is 12.2. The van der Waals surface area contributed by atoms with Crippen molar-refractivity contribution in [3.8, 4) is 0 Å². The van der Waals surface area contributed by atoms with E-state index in [1.54, 1.807) is 6.42 Å². The molecule has 5 rings (SSSR count). The van der Waals surface area contributed by atoms with E-state index in [1.165, 1.54) is 19.3 Å². The Labute approximate surface area is 121 Å². The van der Waals surface area contributed by atoms with Crippen LogP contribution < -0.4 is 0 Å². The van der Waals surface area contributed by atoms with Gasteiger partial charge in [0.15, 0.2) is 6.29 Å². The minimum Gasteiger partial charge on any atom is -0.353 e. The molecule has 5 aliphatic rings. The molecule has 7 unspecified atom stereocenters. The molecular formula is C18H26O2. The van der Waals surface area contributed by atoms with Gasteiger partial charge in [-0.1, -0.05) is 12.2 Å². The molecule has 3 saturated carbocycles. The molecule has 0 aromatic carbocycles. The zero-order valence-electron chi connectivity index (χ0n) is 12.2. The summed E-state index contributed by atoms with van der Waals surface area (Å²) in [6.07, 6.45) is 13.3. The molecule has 4 aliphatic carbocycles. The third-order valence-corrected chi connectivity index (χ3v) is 7.08. The molecule has 4 fully saturated rings. The van der Waals surface area contributed by atoms with Gasteiger partial charge in [-0.05, 0) is 80.0 Å². The van der Waals surface area contributed by atoms with Gasteiger partial charge in [-0.15, -0.1) is 0 Å². The number of ether oxygens (including phenoxy) is 2. The third kappa shape index (κ3) is 1.70. The number of hydrogen-bond acceptors (Lipinski definition) is 2. The van der Waals surface area contributed by atoms with E-state index in [0.29, 0.717) is 0 Å². The van der Waals surface area contributed by atoms with Gasteiger partial charge >= 0.3 is 0 Å². The van der Waals surface area contributed by atoms with Gasteiger partial charge in [-0.2, -0.15) is 0 Å². The molecule has 1 aliphatic heterocycles. The van der Waals surface area contributed by atoms with E-state index in [-0.39, 0.29) is 6.29 Å². The van der Waals surface area contributed by atoms with Crippen molar-refractivity contribution in [1.29, 1.82) is 0 Å². The molecule has 0 radical (unpaired) electrons. The Morgan fingerprint density at radius 3 is 2.50 bits per heavy atom. The van der Waals surface area contributed by atoms with Crippen molar-refractivity contribution in [3.05, 3.63) is 12.2 Å². The normalized spacial score (nSPS) is 52.9. The highest BCUT2D eigenvalue weighted by atomic mass is 16.7. The summed E-state index contributed by atoms with van der Waals surface area (Å²) in [7, 11) is 0. The van der Waals surface area contributed by atoms with Gasteiger partial charge in [0.25, 0.3) is 0 Å². The lowest BCUT2D eigenvalue weighted by Gasteiger charge is -2.37. The predicted octanol–water partition coefficient (Wildman–Crippen LogP) is 3.62. The van der Waals surface area contributed by atoms with E-state index in [0.717, 1.165) is 67.5 Å². The molecule has 110 valence electrons. The van der Waals surface area contributed by atoms with E-state index in [2.05, 4.69) is 12.2 Å². The second kappa shape index (κ2) is 4.58. The first kappa shape index (κ1) is 12.2. The van der Waals surface area contributed by atoms with Crippen molar-refractivity contribution in [2.75, 3.05) is 13.2 Å². The van der Waals surface area contributed by atoms with Crippen LogP contribution in [0.25, 0.3) is 0 Å². The third-order valence-electron chi connectivity index (χ3n) is 7.08. The number of rotatable bonds is 3. The average Bonchev–Trinajstić information content (AvgIpc) is 3.24. The van der Waals surface area contributed by atoms with E-state index < -0.39 is 0 Å². The van der Waals surface area contributed by atoms with Crippen LogP contribution in [-0.2, 0) is 9.47 Å². The molecular weight excluding hydrogens is 248 g/mol. The van der Waals surface area contributed by atoms with E-state index in [9.17, 15) is 0 Å². The number of hydrogen-bond donors (Lipinski definition) is 0. The summed E-state index contributed by atoms with van der Waals surface area (Å²) in [6.45, 7) is 1.81. The van der Waals surface area contributed by atoms with Crippen molar-refractivity contribution in [2.45, 2.75) is 44.8 Å². The van der Waals surface area contributed by atoms with Crippen molar-refractivity contribution >= 4 is 0 Å². The Morgan fingerprint density at radius 1 is 0.850 bits per heavy atom. The van der Waals surface area contributed by atoms with E-state index in [4.69, 9.17) is 9.47 Å². The van der Waals surface area contributed by atoms with Crippen LogP contribution in [0.2, 0.25) is 0 Å². The fourth-order valence-corrected chi connectivity index (χ4v) is 6.54. The highest BCUT2D eigenvalue weighted by molar-refractivity contribution is 5.20. The fraction of sp³-hybridized carbons (Fsp3) is 0.889. The first-order valence-corrected chi connectivity index (χ1v) is 8.81. The monoisotopic (exact) mass is 274 g/mol.